The van der Waals surface area contributed by atoms with Crippen molar-refractivity contribution in [1.82, 2.24) is 15.5 Å². The molecule has 0 aliphatic carbocycles. The quantitative estimate of drug-likeness (QED) is 0.683. The van der Waals surface area contributed by atoms with Crippen LogP contribution in [0.25, 0.3) is 0 Å². The van der Waals surface area contributed by atoms with Crippen molar-refractivity contribution in [2.75, 3.05) is 26.8 Å². The molecule has 1 aromatic carbocycles. The number of hydrogen-bond donors (Lipinski definition) is 2. The minimum absolute atomic E-state index is 0.270. The summed E-state index contributed by atoms with van der Waals surface area (Å²) in [5, 5.41) is 5.49. The van der Waals surface area contributed by atoms with Crippen LogP contribution in [-0.4, -0.2) is 43.7 Å². The van der Waals surface area contributed by atoms with Gasteiger partial charge in [0.2, 0.25) is 0 Å². The summed E-state index contributed by atoms with van der Waals surface area (Å²) >= 11 is 0. The second-order valence-electron chi connectivity index (χ2n) is 6.32. The number of carbonyl (C=O) groups is 2. The Balaban J connectivity index is 2.46. The van der Waals surface area contributed by atoms with Gasteiger partial charge < -0.3 is 20.1 Å². The molecule has 27 heavy (non-hydrogen) atoms. The zero-order chi connectivity index (χ0) is 20.0. The topological polar surface area (TPSA) is 79.9 Å². The predicted octanol–water partition coefficient (Wildman–Crippen LogP) is 2.73. The van der Waals surface area contributed by atoms with E-state index in [-0.39, 0.29) is 12.6 Å². The van der Waals surface area contributed by atoms with Gasteiger partial charge in [-0.15, -0.1) is 0 Å². The molecule has 1 aliphatic heterocycles. The highest BCUT2D eigenvalue weighted by atomic mass is 16.5. The second-order valence-corrected chi connectivity index (χ2v) is 6.32. The Bertz CT molecular complexity index is 726. The largest absolute Gasteiger partial charge is 0.496 e. The van der Waals surface area contributed by atoms with E-state index in [0.29, 0.717) is 11.3 Å². The van der Waals surface area contributed by atoms with Gasteiger partial charge in [0.05, 0.1) is 25.3 Å². The fraction of sp³-hybridized carbons (Fsp3) is 0.500. The van der Waals surface area contributed by atoms with Gasteiger partial charge in [-0.3, -0.25) is 4.90 Å². The average molecular weight is 375 g/mol. The Morgan fingerprint density at radius 2 is 1.93 bits per heavy atom. The summed E-state index contributed by atoms with van der Waals surface area (Å²) in [5.41, 5.74) is 2.74. The first kappa shape index (κ1) is 20.8. The third-order valence-electron chi connectivity index (χ3n) is 4.69. The summed E-state index contributed by atoms with van der Waals surface area (Å²) in [5.74, 6) is 0.345. The molecule has 1 heterocycles. The highest BCUT2D eigenvalue weighted by Crippen LogP contribution is 2.31. The fourth-order valence-corrected chi connectivity index (χ4v) is 3.21. The van der Waals surface area contributed by atoms with Crippen molar-refractivity contribution in [3.05, 3.63) is 40.6 Å². The van der Waals surface area contributed by atoms with Gasteiger partial charge in [0, 0.05) is 17.8 Å². The SMILES string of the molecule is CCOC(=O)C1=C(C)NC(=O)N[C@H]1c1ccc(OC)c(CN(CC)CC)c1. The first-order chi connectivity index (χ1) is 12.9. The summed E-state index contributed by atoms with van der Waals surface area (Å²) in [6.45, 7) is 10.5. The number of hydrogen-bond acceptors (Lipinski definition) is 5. The van der Waals surface area contributed by atoms with Crippen molar-refractivity contribution in [3.63, 3.8) is 0 Å². The van der Waals surface area contributed by atoms with Crippen LogP contribution in [0.5, 0.6) is 5.75 Å². The molecule has 0 radical (unpaired) electrons. The molecule has 0 bridgehead atoms. The van der Waals surface area contributed by atoms with E-state index in [9.17, 15) is 9.59 Å². The van der Waals surface area contributed by atoms with Crippen LogP contribution >= 0.6 is 0 Å². The van der Waals surface area contributed by atoms with E-state index in [2.05, 4.69) is 29.4 Å². The zero-order valence-corrected chi connectivity index (χ0v) is 16.7. The van der Waals surface area contributed by atoms with Crippen molar-refractivity contribution in [2.24, 2.45) is 0 Å². The van der Waals surface area contributed by atoms with Gasteiger partial charge in [0.25, 0.3) is 0 Å². The van der Waals surface area contributed by atoms with Gasteiger partial charge in [-0.25, -0.2) is 9.59 Å². The Morgan fingerprint density at radius 1 is 1.22 bits per heavy atom. The van der Waals surface area contributed by atoms with Crippen molar-refractivity contribution in [2.45, 2.75) is 40.3 Å². The number of nitrogens with zero attached hydrogens (tertiary/aromatic N) is 1. The van der Waals surface area contributed by atoms with Gasteiger partial charge in [0.15, 0.2) is 0 Å². The average Bonchev–Trinajstić information content (AvgIpc) is 2.65. The van der Waals surface area contributed by atoms with Gasteiger partial charge >= 0.3 is 12.0 Å². The molecule has 0 fully saturated rings. The van der Waals surface area contributed by atoms with E-state index in [1.54, 1.807) is 21.0 Å². The van der Waals surface area contributed by atoms with Crippen LogP contribution in [0.3, 0.4) is 0 Å². The Hall–Kier alpha value is -2.54. The molecule has 2 rings (SSSR count). The summed E-state index contributed by atoms with van der Waals surface area (Å²) in [6, 6.07) is 4.82. The number of nitrogens with one attached hydrogen (secondary N) is 2. The third kappa shape index (κ3) is 4.80. The van der Waals surface area contributed by atoms with Crippen LogP contribution in [0.2, 0.25) is 0 Å². The molecule has 1 aromatic rings. The van der Waals surface area contributed by atoms with Crippen molar-refractivity contribution >= 4 is 12.0 Å². The summed E-state index contributed by atoms with van der Waals surface area (Å²) in [6.07, 6.45) is 0. The van der Waals surface area contributed by atoms with Crippen LogP contribution in [0, 0.1) is 0 Å². The molecule has 1 aliphatic rings. The van der Waals surface area contributed by atoms with Crippen LogP contribution in [-0.2, 0) is 16.1 Å². The molecular formula is C20H29N3O4. The van der Waals surface area contributed by atoms with Gasteiger partial charge in [0.1, 0.15) is 5.75 Å². The molecular weight excluding hydrogens is 346 g/mol. The molecule has 2 amide bonds. The van der Waals surface area contributed by atoms with E-state index in [0.717, 1.165) is 36.5 Å². The number of carbonyl (C=O) groups excluding carboxylic acids is 2. The zero-order valence-electron chi connectivity index (χ0n) is 16.7. The summed E-state index contributed by atoms with van der Waals surface area (Å²) < 4.78 is 10.7. The fourth-order valence-electron chi connectivity index (χ4n) is 3.21. The lowest BCUT2D eigenvalue weighted by atomic mass is 9.94. The van der Waals surface area contributed by atoms with Crippen LogP contribution in [0.1, 0.15) is 44.9 Å². The van der Waals surface area contributed by atoms with Crippen LogP contribution in [0.15, 0.2) is 29.5 Å². The maximum absolute atomic E-state index is 12.5. The van der Waals surface area contributed by atoms with Gasteiger partial charge in [-0.1, -0.05) is 19.9 Å². The first-order valence-corrected chi connectivity index (χ1v) is 9.29. The molecule has 1 atom stereocenters. The number of esters is 1. The lowest BCUT2D eigenvalue weighted by Crippen LogP contribution is -2.45. The maximum Gasteiger partial charge on any atom is 0.338 e. The number of methoxy groups -OCH3 is 1. The number of ether oxygens (including phenoxy) is 2. The number of urea groups is 1. The summed E-state index contributed by atoms with van der Waals surface area (Å²) in [7, 11) is 1.64. The predicted molar refractivity (Wildman–Crippen MR) is 103 cm³/mol. The van der Waals surface area contributed by atoms with Crippen LogP contribution in [0.4, 0.5) is 4.79 Å². The van der Waals surface area contributed by atoms with Crippen LogP contribution < -0.4 is 15.4 Å². The van der Waals surface area contributed by atoms with E-state index < -0.39 is 12.0 Å². The molecule has 2 N–H and O–H groups in total. The standard InChI is InChI=1S/C20H29N3O4/c1-6-23(7-2)12-15-11-14(9-10-16(15)26-5)18-17(19(24)27-8-3)13(4)21-20(25)22-18/h9-11,18H,6-8,12H2,1-5H3,(H2,21,22,25)/t18-/m0/s1. The second kappa shape index (κ2) is 9.41. The molecule has 7 nitrogen and oxygen atoms in total. The van der Waals surface area contributed by atoms with Gasteiger partial charge in [-0.2, -0.15) is 0 Å². The highest BCUT2D eigenvalue weighted by molar-refractivity contribution is 5.95. The number of benzene rings is 1. The molecule has 0 saturated heterocycles. The number of rotatable bonds is 8. The van der Waals surface area contributed by atoms with E-state index in [1.807, 2.05) is 18.2 Å². The molecule has 148 valence electrons. The van der Waals surface area contributed by atoms with E-state index in [1.165, 1.54) is 0 Å². The molecule has 0 unspecified atom stereocenters. The smallest absolute Gasteiger partial charge is 0.338 e. The Labute approximate surface area is 160 Å². The van der Waals surface area contributed by atoms with E-state index in [4.69, 9.17) is 9.47 Å². The Kier molecular flexibility index (Phi) is 7.24. The van der Waals surface area contributed by atoms with Crippen molar-refractivity contribution < 1.29 is 19.1 Å². The summed E-state index contributed by atoms with van der Waals surface area (Å²) in [4.78, 5) is 26.8. The lowest BCUT2D eigenvalue weighted by Gasteiger charge is -2.29. The molecule has 0 aromatic heterocycles. The third-order valence-corrected chi connectivity index (χ3v) is 4.69. The highest BCUT2D eigenvalue weighted by Gasteiger charge is 2.32. The van der Waals surface area contributed by atoms with Gasteiger partial charge in [-0.05, 0) is 44.6 Å². The minimum Gasteiger partial charge on any atom is -0.496 e. The normalized spacial score (nSPS) is 16.8. The first-order valence-electron chi connectivity index (χ1n) is 9.29. The number of allylic oxidation sites excluding steroid dienone is 1. The monoisotopic (exact) mass is 375 g/mol. The maximum atomic E-state index is 12.5. The van der Waals surface area contributed by atoms with Crippen molar-refractivity contribution in [3.8, 4) is 5.75 Å². The molecule has 0 spiro atoms. The number of amides is 2. The van der Waals surface area contributed by atoms with E-state index >= 15 is 0 Å². The van der Waals surface area contributed by atoms with Crippen molar-refractivity contribution in [1.29, 1.82) is 0 Å². The minimum atomic E-state index is -0.570. The molecule has 0 saturated carbocycles. The lowest BCUT2D eigenvalue weighted by molar-refractivity contribution is -0.139. The Morgan fingerprint density at radius 3 is 2.52 bits per heavy atom. The molecule has 7 heteroatoms.